The average molecular weight is 681 g/mol. The summed E-state index contributed by atoms with van der Waals surface area (Å²) in [6.45, 7) is 2.30. The summed E-state index contributed by atoms with van der Waals surface area (Å²) < 4.78 is 12.6. The fourth-order valence-electron chi connectivity index (χ4n) is 3.50. The van der Waals surface area contributed by atoms with Gasteiger partial charge in [0, 0.05) is 16.3 Å². The molecule has 1 N–H and O–H groups in total. The Kier molecular flexibility index (Phi) is 9.54. The second kappa shape index (κ2) is 12.8. The van der Waals surface area contributed by atoms with Gasteiger partial charge in [0.1, 0.15) is 24.7 Å². The number of hydrogen-bond donors (Lipinski definition) is 1. The highest BCUT2D eigenvalue weighted by Gasteiger charge is 2.36. The van der Waals surface area contributed by atoms with Crippen LogP contribution in [-0.4, -0.2) is 35.1 Å². The van der Waals surface area contributed by atoms with Crippen molar-refractivity contribution < 1.29 is 23.9 Å². The van der Waals surface area contributed by atoms with Crippen LogP contribution in [0.1, 0.15) is 18.1 Å². The van der Waals surface area contributed by atoms with E-state index in [4.69, 9.17) is 21.1 Å². The third kappa shape index (κ3) is 6.99. The average Bonchev–Trinajstić information content (AvgIpc) is 3.13. The van der Waals surface area contributed by atoms with Gasteiger partial charge in [0.15, 0.2) is 0 Å². The van der Waals surface area contributed by atoms with E-state index in [0.29, 0.717) is 43.3 Å². The molecule has 38 heavy (non-hydrogen) atoms. The van der Waals surface area contributed by atoms with E-state index in [-0.39, 0.29) is 11.5 Å². The second-order valence-electron chi connectivity index (χ2n) is 7.97. The van der Waals surface area contributed by atoms with Crippen LogP contribution in [0.3, 0.4) is 0 Å². The first-order valence-electron chi connectivity index (χ1n) is 11.4. The normalized spacial score (nSPS) is 14.2. The lowest BCUT2D eigenvalue weighted by Gasteiger charge is -2.13. The van der Waals surface area contributed by atoms with Crippen molar-refractivity contribution >= 4 is 84.0 Å². The third-order valence-electron chi connectivity index (χ3n) is 5.27. The van der Waals surface area contributed by atoms with Crippen molar-refractivity contribution in [1.82, 2.24) is 4.90 Å². The monoisotopic (exact) mass is 678 g/mol. The summed E-state index contributed by atoms with van der Waals surface area (Å²) >= 11 is 14.0. The van der Waals surface area contributed by atoms with Gasteiger partial charge in [0.05, 0.1) is 20.5 Å². The van der Waals surface area contributed by atoms with Gasteiger partial charge in [-0.3, -0.25) is 19.3 Å². The number of amides is 3. The maximum atomic E-state index is 12.9. The van der Waals surface area contributed by atoms with Crippen LogP contribution in [0.25, 0.3) is 6.08 Å². The molecule has 0 radical (unpaired) electrons. The van der Waals surface area contributed by atoms with Crippen LogP contribution in [-0.2, 0) is 16.2 Å². The molecule has 1 saturated heterocycles. The topological polar surface area (TPSA) is 84.9 Å². The van der Waals surface area contributed by atoms with Crippen molar-refractivity contribution in [3.63, 3.8) is 0 Å². The number of carbonyl (C=O) groups excluding carboxylic acids is 3. The zero-order valence-electron chi connectivity index (χ0n) is 20.0. The minimum absolute atomic E-state index is 0.215. The van der Waals surface area contributed by atoms with E-state index in [1.54, 1.807) is 48.5 Å². The number of nitrogens with one attached hydrogen (secondary N) is 1. The highest BCUT2D eigenvalue weighted by molar-refractivity contribution is 9.11. The Balaban J connectivity index is 1.41. The van der Waals surface area contributed by atoms with Gasteiger partial charge in [-0.25, -0.2) is 0 Å². The second-order valence-corrected chi connectivity index (χ2v) is 11.1. The van der Waals surface area contributed by atoms with Gasteiger partial charge >= 0.3 is 0 Å². The van der Waals surface area contributed by atoms with Gasteiger partial charge in [0.25, 0.3) is 11.1 Å². The van der Waals surface area contributed by atoms with Crippen molar-refractivity contribution in [2.45, 2.75) is 13.5 Å². The smallest absolute Gasteiger partial charge is 0.294 e. The molecule has 0 unspecified atom stereocenters. The summed E-state index contributed by atoms with van der Waals surface area (Å²) in [4.78, 5) is 39.1. The Morgan fingerprint density at radius 1 is 1.05 bits per heavy atom. The number of rotatable bonds is 9. The number of carbonyl (C=O) groups is 3. The lowest BCUT2D eigenvalue weighted by molar-refractivity contribution is -0.127. The fourth-order valence-corrected chi connectivity index (χ4v) is 5.98. The molecule has 1 heterocycles. The van der Waals surface area contributed by atoms with Gasteiger partial charge in [-0.05, 0) is 105 Å². The molecule has 3 aromatic rings. The van der Waals surface area contributed by atoms with E-state index in [2.05, 4.69) is 37.2 Å². The van der Waals surface area contributed by atoms with Crippen LogP contribution in [0, 0.1) is 0 Å². The predicted octanol–water partition coefficient (Wildman–Crippen LogP) is 7.52. The van der Waals surface area contributed by atoms with Gasteiger partial charge in [0.2, 0.25) is 5.91 Å². The minimum atomic E-state index is -0.534. The number of anilines is 1. The maximum Gasteiger partial charge on any atom is 0.294 e. The van der Waals surface area contributed by atoms with Gasteiger partial charge < -0.3 is 14.8 Å². The number of imide groups is 1. The van der Waals surface area contributed by atoms with Crippen LogP contribution in [0.5, 0.6) is 11.5 Å². The van der Waals surface area contributed by atoms with E-state index in [9.17, 15) is 14.4 Å². The zero-order valence-corrected chi connectivity index (χ0v) is 24.7. The SMILES string of the molecule is CCOc1ccc(NC(=O)CN2C(=O)S/C(=C/c3cc(Br)c(OCc4ccccc4Cl)c(Br)c3)C2=O)cc1. The van der Waals surface area contributed by atoms with Crippen molar-refractivity contribution in [3.05, 3.63) is 90.7 Å². The van der Waals surface area contributed by atoms with E-state index >= 15 is 0 Å². The number of hydrogen-bond acceptors (Lipinski definition) is 6. The molecule has 3 amide bonds. The number of ether oxygens (including phenoxy) is 2. The summed E-state index contributed by atoms with van der Waals surface area (Å²) in [7, 11) is 0. The molecule has 0 spiro atoms. The van der Waals surface area contributed by atoms with Gasteiger partial charge in [-0.15, -0.1) is 0 Å². The standard InChI is InChI=1S/C27H21Br2ClN2O5S/c1-2-36-19-9-7-18(8-10-19)31-24(33)14-32-26(34)23(38-27(32)35)13-16-11-20(28)25(21(29)12-16)37-15-17-5-3-4-6-22(17)30/h3-13H,2,14-15H2,1H3,(H,31,33)/b23-13+. The van der Waals surface area contributed by atoms with Crippen molar-refractivity contribution in [1.29, 1.82) is 0 Å². The molecule has 1 aliphatic heterocycles. The largest absolute Gasteiger partial charge is 0.494 e. The highest BCUT2D eigenvalue weighted by Crippen LogP contribution is 2.38. The molecular weight excluding hydrogens is 660 g/mol. The molecule has 0 atom stereocenters. The number of halogens is 3. The molecule has 0 aromatic heterocycles. The van der Waals surface area contributed by atoms with Gasteiger partial charge in [-0.2, -0.15) is 0 Å². The summed E-state index contributed by atoms with van der Waals surface area (Å²) in [6.07, 6.45) is 1.60. The van der Waals surface area contributed by atoms with E-state index < -0.39 is 23.6 Å². The van der Waals surface area contributed by atoms with Crippen molar-refractivity contribution in [2.75, 3.05) is 18.5 Å². The predicted molar refractivity (Wildman–Crippen MR) is 157 cm³/mol. The molecule has 3 aromatic carbocycles. The number of benzene rings is 3. The Labute approximate surface area is 245 Å². The summed E-state index contributed by atoms with van der Waals surface area (Å²) in [6, 6.07) is 17.8. The Morgan fingerprint density at radius 2 is 1.74 bits per heavy atom. The highest BCUT2D eigenvalue weighted by atomic mass is 79.9. The Bertz CT molecular complexity index is 1390. The Hall–Kier alpha value is -2.79. The quantitative estimate of drug-likeness (QED) is 0.236. The van der Waals surface area contributed by atoms with Gasteiger partial charge in [-0.1, -0.05) is 29.8 Å². The van der Waals surface area contributed by atoms with Crippen LogP contribution in [0.2, 0.25) is 5.02 Å². The van der Waals surface area contributed by atoms with Crippen LogP contribution < -0.4 is 14.8 Å². The first-order valence-corrected chi connectivity index (χ1v) is 14.2. The molecule has 11 heteroatoms. The van der Waals surface area contributed by atoms with E-state index in [0.717, 1.165) is 22.2 Å². The molecular formula is C27H21Br2ClN2O5S. The van der Waals surface area contributed by atoms with Crippen molar-refractivity contribution in [3.8, 4) is 11.5 Å². The molecule has 1 aliphatic rings. The van der Waals surface area contributed by atoms with Crippen LogP contribution in [0.15, 0.2) is 74.5 Å². The summed E-state index contributed by atoms with van der Waals surface area (Å²) in [5.41, 5.74) is 2.04. The van der Waals surface area contributed by atoms with Crippen LogP contribution in [0.4, 0.5) is 10.5 Å². The van der Waals surface area contributed by atoms with Crippen LogP contribution >= 0.6 is 55.2 Å². The van der Waals surface area contributed by atoms with Crippen molar-refractivity contribution in [2.24, 2.45) is 0 Å². The molecule has 196 valence electrons. The molecule has 7 nitrogen and oxygen atoms in total. The molecule has 4 rings (SSSR count). The fraction of sp³-hybridized carbons (Fsp3) is 0.148. The molecule has 0 aliphatic carbocycles. The van der Waals surface area contributed by atoms with E-state index in [1.165, 1.54) is 0 Å². The third-order valence-corrected chi connectivity index (χ3v) is 7.73. The minimum Gasteiger partial charge on any atom is -0.494 e. The zero-order chi connectivity index (χ0) is 27.2. The number of thioether (sulfide) groups is 1. The van der Waals surface area contributed by atoms with E-state index in [1.807, 2.05) is 25.1 Å². The number of nitrogens with zero attached hydrogens (tertiary/aromatic N) is 1. The Morgan fingerprint density at radius 3 is 2.39 bits per heavy atom. The maximum absolute atomic E-state index is 12.9. The lowest BCUT2D eigenvalue weighted by Crippen LogP contribution is -2.36. The first-order chi connectivity index (χ1) is 18.2. The molecule has 0 bridgehead atoms. The molecule has 0 saturated carbocycles. The summed E-state index contributed by atoms with van der Waals surface area (Å²) in [5.74, 6) is 0.234. The lowest BCUT2D eigenvalue weighted by atomic mass is 10.2. The first kappa shape index (κ1) is 28.2. The summed E-state index contributed by atoms with van der Waals surface area (Å²) in [5, 5.41) is 2.79. The molecule has 1 fully saturated rings.